The Labute approximate surface area is 204 Å². The van der Waals surface area contributed by atoms with Crippen LogP contribution in [0.4, 0.5) is 16.4 Å². The summed E-state index contributed by atoms with van der Waals surface area (Å²) in [6.45, 7) is 12.3. The molecule has 34 heavy (non-hydrogen) atoms. The van der Waals surface area contributed by atoms with Gasteiger partial charge < -0.3 is 24.8 Å². The van der Waals surface area contributed by atoms with Gasteiger partial charge in [0, 0.05) is 70.7 Å². The Hall–Kier alpha value is -2.42. The van der Waals surface area contributed by atoms with Gasteiger partial charge in [0.1, 0.15) is 23.3 Å². The number of aromatic nitrogens is 1. The highest BCUT2D eigenvalue weighted by atomic mass is 32.2. The lowest BCUT2D eigenvalue weighted by Gasteiger charge is -2.39. The van der Waals surface area contributed by atoms with Crippen molar-refractivity contribution in [2.24, 2.45) is 0 Å². The van der Waals surface area contributed by atoms with Gasteiger partial charge >= 0.3 is 6.09 Å². The molecule has 1 aromatic rings. The van der Waals surface area contributed by atoms with Gasteiger partial charge in [-0.05, 0) is 39.3 Å². The largest absolute Gasteiger partial charge is 0.444 e. The van der Waals surface area contributed by atoms with Crippen LogP contribution in [-0.2, 0) is 28.7 Å². The fourth-order valence-corrected chi connectivity index (χ4v) is 5.40. The van der Waals surface area contributed by atoms with Crippen LogP contribution in [0.1, 0.15) is 37.5 Å². The topological polar surface area (TPSA) is 105 Å². The van der Waals surface area contributed by atoms with Gasteiger partial charge in [-0.3, -0.25) is 0 Å². The lowest BCUT2D eigenvalue weighted by atomic mass is 9.96. The minimum Gasteiger partial charge on any atom is -0.444 e. The van der Waals surface area contributed by atoms with E-state index in [2.05, 4.69) is 21.2 Å². The van der Waals surface area contributed by atoms with Crippen molar-refractivity contribution in [3.8, 4) is 6.07 Å². The van der Waals surface area contributed by atoms with Gasteiger partial charge in [-0.1, -0.05) is 0 Å². The Morgan fingerprint density at radius 2 is 1.65 bits per heavy atom. The maximum atomic E-state index is 12.5. The number of ether oxygens (including phenoxy) is 1. The fraction of sp³-hybridized carbons (Fsp3) is 0.696. The number of rotatable bonds is 3. The van der Waals surface area contributed by atoms with Crippen LogP contribution in [-0.4, -0.2) is 95.3 Å². The van der Waals surface area contributed by atoms with E-state index in [1.807, 2.05) is 25.1 Å². The number of hydrogen-bond acceptors (Lipinski definition) is 8. The Morgan fingerprint density at radius 1 is 1.03 bits per heavy atom. The number of amides is 1. The second kappa shape index (κ2) is 10.1. The summed E-state index contributed by atoms with van der Waals surface area (Å²) < 4.78 is 19.3. The number of fused-ring (bicyclic) bond motifs is 1. The van der Waals surface area contributed by atoms with Gasteiger partial charge in [-0.25, -0.2) is 18.3 Å². The molecular formula is C23H35N7O3S. The van der Waals surface area contributed by atoms with E-state index in [0.29, 0.717) is 64.5 Å². The van der Waals surface area contributed by atoms with Crippen LogP contribution in [0.2, 0.25) is 0 Å². The molecule has 3 aliphatic heterocycles. The molecule has 1 N–H and O–H groups in total. The molecule has 0 spiro atoms. The van der Waals surface area contributed by atoms with Crippen LogP contribution in [0.3, 0.4) is 0 Å². The molecule has 1 unspecified atom stereocenters. The molecule has 0 aliphatic carbocycles. The molecule has 1 amide bonds. The lowest BCUT2D eigenvalue weighted by Crippen LogP contribution is -2.51. The summed E-state index contributed by atoms with van der Waals surface area (Å²) >= 11 is 0. The van der Waals surface area contributed by atoms with Gasteiger partial charge in [0.2, 0.25) is 0 Å². The highest BCUT2D eigenvalue weighted by Gasteiger charge is 2.32. The molecule has 0 radical (unpaired) electrons. The number of nitriles is 1. The minimum absolute atomic E-state index is 0.280. The Kier molecular flexibility index (Phi) is 7.31. The van der Waals surface area contributed by atoms with Crippen molar-refractivity contribution < 1.29 is 13.7 Å². The van der Waals surface area contributed by atoms with E-state index in [1.165, 1.54) is 0 Å². The molecular weight excluding hydrogens is 454 g/mol. The predicted molar refractivity (Wildman–Crippen MR) is 132 cm³/mol. The lowest BCUT2D eigenvalue weighted by molar-refractivity contribution is 0.0240. The third-order valence-electron chi connectivity index (χ3n) is 6.47. The van der Waals surface area contributed by atoms with Gasteiger partial charge in [-0.15, -0.1) is 0 Å². The molecule has 0 aromatic carbocycles. The summed E-state index contributed by atoms with van der Waals surface area (Å²) in [5, 5.41) is 13.5. The standard InChI is InChI=1S/C23H35N7O3S/c1-23(2,3)33-22(31)29-9-7-27(8-10-29)20-17-5-6-25-16-19(17)18(15-24)21(26-20)28-11-13-30(14-12-28)34(4)32/h25H,5-14,16H2,1-4H3. The maximum absolute atomic E-state index is 12.5. The van der Waals surface area contributed by atoms with Crippen LogP contribution in [0.15, 0.2) is 0 Å². The van der Waals surface area contributed by atoms with Crippen molar-refractivity contribution in [3.05, 3.63) is 16.7 Å². The smallest absolute Gasteiger partial charge is 0.410 e. The molecule has 3 aliphatic rings. The van der Waals surface area contributed by atoms with Gasteiger partial charge in [-0.2, -0.15) is 5.26 Å². The zero-order chi connectivity index (χ0) is 24.5. The molecule has 186 valence electrons. The summed E-state index contributed by atoms with van der Waals surface area (Å²) in [7, 11) is -0.994. The summed E-state index contributed by atoms with van der Waals surface area (Å²) in [4.78, 5) is 23.7. The molecule has 0 saturated carbocycles. The molecule has 2 fully saturated rings. The Balaban J connectivity index is 1.58. The van der Waals surface area contributed by atoms with Crippen LogP contribution in [0.25, 0.3) is 0 Å². The molecule has 4 heterocycles. The van der Waals surface area contributed by atoms with E-state index in [9.17, 15) is 14.3 Å². The zero-order valence-corrected chi connectivity index (χ0v) is 21.4. The molecule has 1 atom stereocenters. The minimum atomic E-state index is -0.994. The normalized spacial score (nSPS) is 20.5. The predicted octanol–water partition coefficient (Wildman–Crippen LogP) is 1.07. The summed E-state index contributed by atoms with van der Waals surface area (Å²) in [5.41, 5.74) is 2.30. The Bertz CT molecular complexity index is 988. The maximum Gasteiger partial charge on any atom is 0.410 e. The van der Waals surface area contributed by atoms with Crippen molar-refractivity contribution in [1.29, 1.82) is 5.26 Å². The second-order valence-corrected chi connectivity index (χ2v) is 11.3. The Morgan fingerprint density at radius 3 is 2.24 bits per heavy atom. The van der Waals surface area contributed by atoms with E-state index in [4.69, 9.17) is 9.72 Å². The van der Waals surface area contributed by atoms with Crippen molar-refractivity contribution in [2.45, 2.75) is 39.3 Å². The van der Waals surface area contributed by atoms with Crippen molar-refractivity contribution in [1.82, 2.24) is 19.5 Å². The molecule has 11 heteroatoms. The highest BCUT2D eigenvalue weighted by Crippen LogP contribution is 2.34. The first-order valence-electron chi connectivity index (χ1n) is 11.9. The quantitative estimate of drug-likeness (QED) is 0.672. The van der Waals surface area contributed by atoms with Crippen LogP contribution >= 0.6 is 0 Å². The van der Waals surface area contributed by atoms with E-state index in [1.54, 1.807) is 11.2 Å². The molecule has 4 rings (SSSR count). The van der Waals surface area contributed by atoms with Gasteiger partial charge in [0.05, 0.1) is 16.5 Å². The number of piperazine rings is 2. The van der Waals surface area contributed by atoms with Gasteiger partial charge in [0.25, 0.3) is 0 Å². The third kappa shape index (κ3) is 5.29. The van der Waals surface area contributed by atoms with E-state index >= 15 is 0 Å². The van der Waals surface area contributed by atoms with E-state index < -0.39 is 16.6 Å². The summed E-state index contributed by atoms with van der Waals surface area (Å²) in [5.74, 6) is 1.65. The molecule has 1 aromatic heterocycles. The van der Waals surface area contributed by atoms with Crippen LogP contribution in [0.5, 0.6) is 0 Å². The fourth-order valence-electron chi connectivity index (χ4n) is 4.72. The number of nitrogens with one attached hydrogen (secondary N) is 1. The summed E-state index contributed by atoms with van der Waals surface area (Å²) in [6, 6.07) is 2.42. The van der Waals surface area contributed by atoms with Crippen LogP contribution in [0, 0.1) is 11.3 Å². The average Bonchev–Trinajstić information content (AvgIpc) is 2.82. The zero-order valence-electron chi connectivity index (χ0n) is 20.6. The number of hydrogen-bond donors (Lipinski definition) is 1. The summed E-state index contributed by atoms with van der Waals surface area (Å²) in [6.07, 6.45) is 2.24. The first kappa shape index (κ1) is 24.7. The number of pyridine rings is 1. The first-order chi connectivity index (χ1) is 16.2. The van der Waals surface area contributed by atoms with Crippen LogP contribution < -0.4 is 15.1 Å². The van der Waals surface area contributed by atoms with Crippen molar-refractivity contribution >= 4 is 28.7 Å². The number of carbonyl (C=O) groups is 1. The van der Waals surface area contributed by atoms with E-state index in [0.717, 1.165) is 35.7 Å². The highest BCUT2D eigenvalue weighted by molar-refractivity contribution is 7.81. The third-order valence-corrected chi connectivity index (χ3v) is 7.56. The second-order valence-electron chi connectivity index (χ2n) is 9.92. The number of nitrogens with zero attached hydrogens (tertiary/aromatic N) is 6. The molecule has 10 nitrogen and oxygen atoms in total. The van der Waals surface area contributed by atoms with Gasteiger partial charge in [0.15, 0.2) is 0 Å². The SMILES string of the molecule is CS(=O)N1CCN(c2nc(N3CCN(C(=O)OC(C)(C)C)CC3)c3c(c2C#N)CNCC3)CC1. The van der Waals surface area contributed by atoms with Crippen molar-refractivity contribution in [2.75, 3.05) is 75.0 Å². The first-order valence-corrected chi connectivity index (χ1v) is 13.4. The molecule has 2 saturated heterocycles. The van der Waals surface area contributed by atoms with Crippen molar-refractivity contribution in [3.63, 3.8) is 0 Å². The van der Waals surface area contributed by atoms with E-state index in [-0.39, 0.29) is 6.09 Å². The molecule has 0 bridgehead atoms. The number of anilines is 2. The monoisotopic (exact) mass is 489 g/mol. The average molecular weight is 490 g/mol. The number of carbonyl (C=O) groups excluding carboxylic acids is 1.